The van der Waals surface area contributed by atoms with Crippen molar-refractivity contribution < 1.29 is 9.84 Å². The maximum atomic E-state index is 9.69. The zero-order chi connectivity index (χ0) is 13.8. The molecule has 0 radical (unpaired) electrons. The number of anilines is 1. The Kier molecular flexibility index (Phi) is 4.17. The van der Waals surface area contributed by atoms with Crippen LogP contribution in [0.4, 0.5) is 5.69 Å². The van der Waals surface area contributed by atoms with Crippen molar-refractivity contribution in [1.29, 1.82) is 0 Å². The van der Waals surface area contributed by atoms with Crippen LogP contribution in [-0.2, 0) is 13.0 Å². The number of ether oxygens (including phenoxy) is 1. The third-order valence-corrected chi connectivity index (χ3v) is 3.25. The molecule has 0 aromatic heterocycles. The minimum Gasteiger partial charge on any atom is -0.508 e. The second kappa shape index (κ2) is 5.85. The van der Waals surface area contributed by atoms with Gasteiger partial charge < -0.3 is 15.6 Å². The van der Waals surface area contributed by atoms with E-state index in [0.29, 0.717) is 29.5 Å². The highest BCUT2D eigenvalue weighted by molar-refractivity contribution is 6.32. The largest absolute Gasteiger partial charge is 0.508 e. The molecule has 0 spiro atoms. The van der Waals surface area contributed by atoms with Gasteiger partial charge in [0.25, 0.3) is 0 Å². The van der Waals surface area contributed by atoms with Crippen LogP contribution >= 0.6 is 11.6 Å². The maximum Gasteiger partial charge on any atom is 0.138 e. The van der Waals surface area contributed by atoms with Gasteiger partial charge in [0.1, 0.15) is 18.1 Å². The topological polar surface area (TPSA) is 55.5 Å². The van der Waals surface area contributed by atoms with Crippen molar-refractivity contribution in [1.82, 2.24) is 0 Å². The summed E-state index contributed by atoms with van der Waals surface area (Å²) in [5.74, 6) is 0.749. The van der Waals surface area contributed by atoms with E-state index in [-0.39, 0.29) is 5.75 Å². The first-order valence-corrected chi connectivity index (χ1v) is 6.47. The summed E-state index contributed by atoms with van der Waals surface area (Å²) in [4.78, 5) is 0. The van der Waals surface area contributed by atoms with Crippen molar-refractivity contribution in [3.63, 3.8) is 0 Å². The highest BCUT2D eigenvalue weighted by Crippen LogP contribution is 2.33. The summed E-state index contributed by atoms with van der Waals surface area (Å²) >= 11 is 6.05. The molecule has 0 saturated carbocycles. The van der Waals surface area contributed by atoms with Gasteiger partial charge >= 0.3 is 0 Å². The van der Waals surface area contributed by atoms with Crippen LogP contribution in [0.15, 0.2) is 36.4 Å². The molecular formula is C15H16ClNO2. The van der Waals surface area contributed by atoms with Crippen molar-refractivity contribution in [2.24, 2.45) is 0 Å². The van der Waals surface area contributed by atoms with Gasteiger partial charge in [-0.25, -0.2) is 0 Å². The molecule has 19 heavy (non-hydrogen) atoms. The van der Waals surface area contributed by atoms with Crippen LogP contribution in [0.3, 0.4) is 0 Å². The molecule has 2 aromatic rings. The fraction of sp³-hybridized carbons (Fsp3) is 0.200. The quantitative estimate of drug-likeness (QED) is 0.837. The van der Waals surface area contributed by atoms with Gasteiger partial charge in [-0.1, -0.05) is 36.7 Å². The van der Waals surface area contributed by atoms with Gasteiger partial charge in [-0.05, 0) is 24.1 Å². The number of phenolic OH excluding ortho intramolecular Hbond substituents is 1. The smallest absolute Gasteiger partial charge is 0.138 e. The van der Waals surface area contributed by atoms with Crippen LogP contribution in [0.5, 0.6) is 11.5 Å². The second-order valence-electron chi connectivity index (χ2n) is 4.25. The molecule has 3 N–H and O–H groups in total. The van der Waals surface area contributed by atoms with E-state index in [1.165, 1.54) is 6.07 Å². The molecule has 3 nitrogen and oxygen atoms in total. The Labute approximate surface area is 117 Å². The molecule has 2 aromatic carbocycles. The number of rotatable bonds is 4. The van der Waals surface area contributed by atoms with Crippen molar-refractivity contribution in [3.8, 4) is 11.5 Å². The molecule has 0 saturated heterocycles. The van der Waals surface area contributed by atoms with E-state index in [1.54, 1.807) is 6.07 Å². The molecule has 2 rings (SSSR count). The first-order valence-electron chi connectivity index (χ1n) is 6.09. The molecule has 100 valence electrons. The summed E-state index contributed by atoms with van der Waals surface area (Å²) in [5.41, 5.74) is 8.25. The number of para-hydroxylation sites is 1. The Morgan fingerprint density at radius 3 is 2.63 bits per heavy atom. The standard InChI is InChI=1S/C15H16ClNO2/c1-2-10-7-15(12(16)8-14(10)18)19-9-11-5-3-4-6-13(11)17/h3-8,18H,2,9,17H2,1H3. The zero-order valence-corrected chi connectivity index (χ0v) is 11.4. The van der Waals surface area contributed by atoms with E-state index in [0.717, 1.165) is 11.1 Å². The average molecular weight is 278 g/mol. The number of aromatic hydroxyl groups is 1. The molecule has 0 aliphatic carbocycles. The second-order valence-corrected chi connectivity index (χ2v) is 4.66. The Bertz CT molecular complexity index is 584. The van der Waals surface area contributed by atoms with Crippen LogP contribution < -0.4 is 10.5 Å². The van der Waals surface area contributed by atoms with Gasteiger partial charge in [0, 0.05) is 17.3 Å². The van der Waals surface area contributed by atoms with Gasteiger partial charge in [-0.15, -0.1) is 0 Å². The SMILES string of the molecule is CCc1cc(OCc2ccccc2N)c(Cl)cc1O. The lowest BCUT2D eigenvalue weighted by atomic mass is 10.1. The minimum absolute atomic E-state index is 0.194. The fourth-order valence-corrected chi connectivity index (χ4v) is 2.01. The summed E-state index contributed by atoms with van der Waals surface area (Å²) < 4.78 is 5.68. The van der Waals surface area contributed by atoms with E-state index >= 15 is 0 Å². The molecule has 0 fully saturated rings. The molecule has 0 aliphatic rings. The van der Waals surface area contributed by atoms with Crippen LogP contribution in [0.25, 0.3) is 0 Å². The van der Waals surface area contributed by atoms with Crippen LogP contribution in [0.1, 0.15) is 18.1 Å². The van der Waals surface area contributed by atoms with Gasteiger partial charge in [-0.2, -0.15) is 0 Å². The normalized spacial score (nSPS) is 10.4. The summed E-state index contributed by atoms with van der Waals surface area (Å²) in [6, 6.07) is 10.8. The van der Waals surface area contributed by atoms with Crippen molar-refractivity contribution in [3.05, 3.63) is 52.5 Å². The van der Waals surface area contributed by atoms with E-state index in [2.05, 4.69) is 0 Å². The predicted molar refractivity (Wildman–Crippen MR) is 77.7 cm³/mol. The number of halogens is 1. The van der Waals surface area contributed by atoms with E-state index in [9.17, 15) is 5.11 Å². The lowest BCUT2D eigenvalue weighted by Crippen LogP contribution is -2.00. The van der Waals surface area contributed by atoms with Crippen molar-refractivity contribution in [2.45, 2.75) is 20.0 Å². The highest BCUT2D eigenvalue weighted by atomic mass is 35.5. The average Bonchev–Trinajstić information content (AvgIpc) is 2.39. The monoisotopic (exact) mass is 277 g/mol. The number of aryl methyl sites for hydroxylation is 1. The first kappa shape index (κ1) is 13.6. The van der Waals surface area contributed by atoms with Crippen LogP contribution in [-0.4, -0.2) is 5.11 Å². The summed E-state index contributed by atoms with van der Waals surface area (Å²) in [5, 5.41) is 10.1. The summed E-state index contributed by atoms with van der Waals surface area (Å²) in [7, 11) is 0. The summed E-state index contributed by atoms with van der Waals surface area (Å²) in [6.07, 6.45) is 0.715. The number of nitrogens with two attached hydrogens (primary N) is 1. The van der Waals surface area contributed by atoms with Crippen molar-refractivity contribution in [2.75, 3.05) is 5.73 Å². The van der Waals surface area contributed by atoms with E-state index < -0.39 is 0 Å². The predicted octanol–water partition coefficient (Wildman–Crippen LogP) is 3.77. The zero-order valence-electron chi connectivity index (χ0n) is 10.7. The van der Waals surface area contributed by atoms with Crippen LogP contribution in [0, 0.1) is 0 Å². The third kappa shape index (κ3) is 3.12. The van der Waals surface area contributed by atoms with Gasteiger partial charge in [0.15, 0.2) is 0 Å². The van der Waals surface area contributed by atoms with E-state index in [4.69, 9.17) is 22.1 Å². The number of benzene rings is 2. The van der Waals surface area contributed by atoms with Crippen LogP contribution in [0.2, 0.25) is 5.02 Å². The number of hydrogen-bond donors (Lipinski definition) is 2. The van der Waals surface area contributed by atoms with Gasteiger partial charge in [-0.3, -0.25) is 0 Å². The Balaban J connectivity index is 2.18. The molecule has 0 bridgehead atoms. The lowest BCUT2D eigenvalue weighted by molar-refractivity contribution is 0.306. The third-order valence-electron chi connectivity index (χ3n) is 2.95. The van der Waals surface area contributed by atoms with Gasteiger partial charge in [0.2, 0.25) is 0 Å². The Morgan fingerprint density at radius 1 is 1.21 bits per heavy atom. The summed E-state index contributed by atoms with van der Waals surface area (Å²) in [6.45, 7) is 2.31. The number of phenols is 1. The molecule has 0 heterocycles. The Hall–Kier alpha value is -1.87. The molecule has 0 atom stereocenters. The first-order chi connectivity index (χ1) is 9.11. The Morgan fingerprint density at radius 2 is 1.95 bits per heavy atom. The molecule has 0 unspecified atom stereocenters. The highest BCUT2D eigenvalue weighted by Gasteiger charge is 2.08. The fourth-order valence-electron chi connectivity index (χ4n) is 1.80. The minimum atomic E-state index is 0.194. The molecule has 0 aliphatic heterocycles. The molecule has 4 heteroatoms. The molecular weight excluding hydrogens is 262 g/mol. The number of hydrogen-bond acceptors (Lipinski definition) is 3. The van der Waals surface area contributed by atoms with Crippen molar-refractivity contribution >= 4 is 17.3 Å². The number of nitrogen functional groups attached to an aromatic ring is 1. The van der Waals surface area contributed by atoms with Gasteiger partial charge in [0.05, 0.1) is 5.02 Å². The van der Waals surface area contributed by atoms with E-state index in [1.807, 2.05) is 31.2 Å². The lowest BCUT2D eigenvalue weighted by Gasteiger charge is -2.12. The molecule has 0 amide bonds. The maximum absolute atomic E-state index is 9.69.